The van der Waals surface area contributed by atoms with Gasteiger partial charge in [0, 0.05) is 47.8 Å². The van der Waals surface area contributed by atoms with Gasteiger partial charge in [0.2, 0.25) is 5.91 Å². The van der Waals surface area contributed by atoms with Crippen molar-refractivity contribution in [2.24, 2.45) is 5.92 Å². The summed E-state index contributed by atoms with van der Waals surface area (Å²) < 4.78 is 5.31. The zero-order chi connectivity index (χ0) is 22.1. The number of rotatable bonds is 4. The molecule has 1 saturated heterocycles. The van der Waals surface area contributed by atoms with Crippen molar-refractivity contribution < 1.29 is 9.53 Å². The van der Waals surface area contributed by atoms with E-state index in [1.807, 2.05) is 42.5 Å². The summed E-state index contributed by atoms with van der Waals surface area (Å²) in [5.41, 5.74) is 4.32. The third-order valence-electron chi connectivity index (χ3n) is 6.47. The van der Waals surface area contributed by atoms with Gasteiger partial charge < -0.3 is 19.9 Å². The predicted octanol–water partition coefficient (Wildman–Crippen LogP) is 4.85. The number of halogens is 1. The molecule has 1 fully saturated rings. The van der Waals surface area contributed by atoms with Gasteiger partial charge in [-0.15, -0.1) is 0 Å². The molecule has 32 heavy (non-hydrogen) atoms. The molecule has 1 N–H and O–H groups in total. The second kappa shape index (κ2) is 8.75. The number of para-hydroxylation sites is 1. The van der Waals surface area contributed by atoms with Gasteiger partial charge in [0.25, 0.3) is 0 Å². The number of benzene rings is 3. The molecule has 0 aliphatic carbocycles. The standard InChI is InChI=1S/C26H26ClN3O2/c1-32-22-10-5-8-20(16-22)28-26(31)23-14-18-6-2-3-11-24(18)30-13-12-29(17-25(23)30)21-9-4-7-19(27)15-21/h2-11,15-16,23,25H,12-14,17H2,1H3,(H,28,31)/t23-,25-/m0/s1. The van der Waals surface area contributed by atoms with Crippen LogP contribution in [0, 0.1) is 5.92 Å². The number of hydrogen-bond donors (Lipinski definition) is 1. The number of methoxy groups -OCH3 is 1. The molecule has 5 rings (SSSR count). The van der Waals surface area contributed by atoms with E-state index in [0.717, 1.165) is 48.2 Å². The molecular weight excluding hydrogens is 422 g/mol. The fourth-order valence-corrected chi connectivity index (χ4v) is 5.09. The largest absolute Gasteiger partial charge is 0.497 e. The fourth-order valence-electron chi connectivity index (χ4n) is 4.90. The summed E-state index contributed by atoms with van der Waals surface area (Å²) in [7, 11) is 1.63. The lowest BCUT2D eigenvalue weighted by Gasteiger charge is -2.49. The Bertz CT molecular complexity index is 1140. The number of amides is 1. The summed E-state index contributed by atoms with van der Waals surface area (Å²) in [6.45, 7) is 2.51. The molecule has 0 unspecified atom stereocenters. The van der Waals surface area contributed by atoms with Crippen LogP contribution in [0.4, 0.5) is 17.1 Å². The lowest BCUT2D eigenvalue weighted by molar-refractivity contribution is -0.120. The molecule has 2 aliphatic heterocycles. The highest BCUT2D eigenvalue weighted by molar-refractivity contribution is 6.30. The van der Waals surface area contributed by atoms with Crippen molar-refractivity contribution in [3.63, 3.8) is 0 Å². The molecular formula is C26H26ClN3O2. The number of piperazine rings is 1. The van der Waals surface area contributed by atoms with Crippen LogP contribution in [0.1, 0.15) is 5.56 Å². The van der Waals surface area contributed by atoms with Crippen LogP contribution in [0.25, 0.3) is 0 Å². The quantitative estimate of drug-likeness (QED) is 0.620. The molecule has 6 heteroatoms. The minimum atomic E-state index is -0.168. The first kappa shape index (κ1) is 20.7. The minimum absolute atomic E-state index is 0.0377. The Hall–Kier alpha value is -3.18. The van der Waals surface area contributed by atoms with E-state index < -0.39 is 0 Å². The number of ether oxygens (including phenoxy) is 1. The van der Waals surface area contributed by atoms with Gasteiger partial charge in [0.1, 0.15) is 5.75 Å². The first-order valence-corrected chi connectivity index (χ1v) is 11.3. The van der Waals surface area contributed by atoms with E-state index in [0.29, 0.717) is 0 Å². The Morgan fingerprint density at radius 3 is 2.72 bits per heavy atom. The molecule has 2 aliphatic rings. The Labute approximate surface area is 193 Å². The maximum absolute atomic E-state index is 13.5. The topological polar surface area (TPSA) is 44.8 Å². The molecule has 3 aromatic rings. The molecule has 0 saturated carbocycles. The highest BCUT2D eigenvalue weighted by Crippen LogP contribution is 2.37. The number of hydrogen-bond acceptors (Lipinski definition) is 4. The van der Waals surface area contributed by atoms with Gasteiger partial charge in [-0.25, -0.2) is 0 Å². The highest BCUT2D eigenvalue weighted by atomic mass is 35.5. The molecule has 1 amide bonds. The van der Waals surface area contributed by atoms with E-state index in [9.17, 15) is 4.79 Å². The number of carbonyl (C=O) groups excluding carboxylic acids is 1. The number of nitrogens with zero attached hydrogens (tertiary/aromatic N) is 2. The lowest BCUT2D eigenvalue weighted by atomic mass is 9.83. The van der Waals surface area contributed by atoms with Gasteiger partial charge in [-0.2, -0.15) is 0 Å². The average Bonchev–Trinajstić information content (AvgIpc) is 2.83. The molecule has 0 aromatic heterocycles. The van der Waals surface area contributed by atoms with Crippen LogP contribution in [-0.2, 0) is 11.2 Å². The van der Waals surface area contributed by atoms with Crippen molar-refractivity contribution in [3.8, 4) is 5.75 Å². The van der Waals surface area contributed by atoms with Crippen molar-refractivity contribution >= 4 is 34.6 Å². The van der Waals surface area contributed by atoms with Gasteiger partial charge in [0.05, 0.1) is 19.1 Å². The number of anilines is 3. The van der Waals surface area contributed by atoms with Crippen molar-refractivity contribution in [2.45, 2.75) is 12.5 Å². The van der Waals surface area contributed by atoms with E-state index in [4.69, 9.17) is 16.3 Å². The summed E-state index contributed by atoms with van der Waals surface area (Å²) in [6.07, 6.45) is 0.719. The van der Waals surface area contributed by atoms with Crippen molar-refractivity contribution in [2.75, 3.05) is 41.9 Å². The fraction of sp³-hybridized carbons (Fsp3) is 0.269. The summed E-state index contributed by atoms with van der Waals surface area (Å²) >= 11 is 6.25. The van der Waals surface area contributed by atoms with Crippen molar-refractivity contribution in [1.29, 1.82) is 0 Å². The summed E-state index contributed by atoms with van der Waals surface area (Å²) in [4.78, 5) is 18.3. The molecule has 0 spiro atoms. The third kappa shape index (κ3) is 4.00. The Balaban J connectivity index is 1.44. The van der Waals surface area contributed by atoms with Crippen molar-refractivity contribution in [1.82, 2.24) is 0 Å². The van der Waals surface area contributed by atoms with Crippen LogP contribution in [0.3, 0.4) is 0 Å². The Morgan fingerprint density at radius 2 is 1.88 bits per heavy atom. The maximum atomic E-state index is 13.5. The average molecular weight is 448 g/mol. The zero-order valence-corrected chi connectivity index (χ0v) is 18.8. The van der Waals surface area contributed by atoms with Gasteiger partial charge in [-0.05, 0) is 48.4 Å². The SMILES string of the molecule is COc1cccc(NC(=O)[C@H]2Cc3ccccc3N3CCN(c4cccc(Cl)c4)C[C@@H]23)c1. The van der Waals surface area contributed by atoms with Crippen molar-refractivity contribution in [3.05, 3.63) is 83.4 Å². The van der Waals surface area contributed by atoms with Crippen LogP contribution in [0.2, 0.25) is 5.02 Å². The van der Waals surface area contributed by atoms with E-state index in [1.54, 1.807) is 7.11 Å². The zero-order valence-electron chi connectivity index (χ0n) is 18.0. The predicted molar refractivity (Wildman–Crippen MR) is 130 cm³/mol. The third-order valence-corrected chi connectivity index (χ3v) is 6.71. The van der Waals surface area contributed by atoms with Gasteiger partial charge >= 0.3 is 0 Å². The first-order valence-electron chi connectivity index (χ1n) is 10.9. The van der Waals surface area contributed by atoms with Crippen LogP contribution >= 0.6 is 11.6 Å². The molecule has 5 nitrogen and oxygen atoms in total. The second-order valence-electron chi connectivity index (χ2n) is 8.35. The number of fused-ring (bicyclic) bond motifs is 3. The van der Waals surface area contributed by atoms with E-state index in [2.05, 4.69) is 45.4 Å². The first-order chi connectivity index (χ1) is 15.6. The highest BCUT2D eigenvalue weighted by Gasteiger charge is 2.41. The lowest BCUT2D eigenvalue weighted by Crippen LogP contribution is -2.60. The number of nitrogens with one attached hydrogen (secondary N) is 1. The monoisotopic (exact) mass is 447 g/mol. The molecule has 0 bridgehead atoms. The summed E-state index contributed by atoms with van der Waals surface area (Å²) in [6, 6.07) is 24.0. The van der Waals surface area contributed by atoms with Crippen LogP contribution in [-0.4, -0.2) is 38.7 Å². The molecule has 164 valence electrons. The van der Waals surface area contributed by atoms with Gasteiger partial charge in [-0.1, -0.05) is 41.9 Å². The smallest absolute Gasteiger partial charge is 0.229 e. The maximum Gasteiger partial charge on any atom is 0.229 e. The van der Waals surface area contributed by atoms with E-state index in [1.165, 1.54) is 11.3 Å². The summed E-state index contributed by atoms with van der Waals surface area (Å²) in [5, 5.41) is 3.86. The Morgan fingerprint density at radius 1 is 1.03 bits per heavy atom. The minimum Gasteiger partial charge on any atom is -0.497 e. The van der Waals surface area contributed by atoms with Crippen LogP contribution < -0.4 is 19.9 Å². The van der Waals surface area contributed by atoms with E-state index >= 15 is 0 Å². The van der Waals surface area contributed by atoms with Crippen LogP contribution in [0.5, 0.6) is 5.75 Å². The van der Waals surface area contributed by atoms with Crippen LogP contribution in [0.15, 0.2) is 72.8 Å². The number of carbonyl (C=O) groups is 1. The molecule has 0 radical (unpaired) electrons. The Kier molecular flexibility index (Phi) is 5.66. The second-order valence-corrected chi connectivity index (χ2v) is 8.78. The van der Waals surface area contributed by atoms with Gasteiger partial charge in [0.15, 0.2) is 0 Å². The molecule has 2 heterocycles. The summed E-state index contributed by atoms with van der Waals surface area (Å²) in [5.74, 6) is 0.594. The van der Waals surface area contributed by atoms with Gasteiger partial charge in [-0.3, -0.25) is 4.79 Å². The normalized spacial score (nSPS) is 19.7. The molecule has 3 aromatic carbocycles. The molecule has 2 atom stereocenters. The van der Waals surface area contributed by atoms with E-state index in [-0.39, 0.29) is 17.9 Å².